The average molecular weight is 288 g/mol. The lowest BCUT2D eigenvalue weighted by Gasteiger charge is -2.37. The molecule has 1 aliphatic rings. The van der Waals surface area contributed by atoms with E-state index in [1.807, 2.05) is 26.0 Å². The molecule has 1 heterocycles. The Morgan fingerprint density at radius 3 is 2.48 bits per heavy atom. The van der Waals surface area contributed by atoms with Crippen LogP contribution in [0, 0.1) is 13.8 Å². The fourth-order valence-corrected chi connectivity index (χ4v) is 2.94. The molecule has 1 aliphatic heterocycles. The Morgan fingerprint density at radius 1 is 1.19 bits per heavy atom. The van der Waals surface area contributed by atoms with Crippen molar-refractivity contribution in [2.75, 3.05) is 32.7 Å². The number of ketones is 1. The second-order valence-electron chi connectivity index (χ2n) is 6.31. The molecule has 0 N–H and O–H groups in total. The summed E-state index contributed by atoms with van der Waals surface area (Å²) in [7, 11) is 0. The van der Waals surface area contributed by atoms with Crippen molar-refractivity contribution in [2.24, 2.45) is 0 Å². The highest BCUT2D eigenvalue weighted by Crippen LogP contribution is 2.14. The van der Waals surface area contributed by atoms with Gasteiger partial charge in [-0.1, -0.05) is 24.6 Å². The van der Waals surface area contributed by atoms with E-state index < -0.39 is 0 Å². The molecule has 1 fully saturated rings. The van der Waals surface area contributed by atoms with Crippen molar-refractivity contribution in [1.82, 2.24) is 9.80 Å². The number of hydrogen-bond donors (Lipinski definition) is 0. The second kappa shape index (κ2) is 7.19. The first-order chi connectivity index (χ1) is 10.0. The van der Waals surface area contributed by atoms with Gasteiger partial charge in [0.25, 0.3) is 0 Å². The summed E-state index contributed by atoms with van der Waals surface area (Å²) in [4.78, 5) is 17.3. The summed E-state index contributed by atoms with van der Waals surface area (Å²) in [6, 6.07) is 6.79. The maximum Gasteiger partial charge on any atom is 0.177 e. The average Bonchev–Trinajstić information content (AvgIpc) is 2.49. The Hall–Kier alpha value is -1.19. The fraction of sp³-hybridized carbons (Fsp3) is 0.611. The lowest BCUT2D eigenvalue weighted by atomic mass is 10.0. The van der Waals surface area contributed by atoms with E-state index in [4.69, 9.17) is 0 Å². The molecule has 2 rings (SSSR count). The van der Waals surface area contributed by atoms with Crippen molar-refractivity contribution >= 4 is 5.78 Å². The molecule has 3 nitrogen and oxygen atoms in total. The van der Waals surface area contributed by atoms with Crippen molar-refractivity contribution in [1.29, 1.82) is 0 Å². The van der Waals surface area contributed by atoms with Crippen LogP contribution in [0.5, 0.6) is 0 Å². The van der Waals surface area contributed by atoms with Gasteiger partial charge in [-0.05, 0) is 38.8 Å². The zero-order chi connectivity index (χ0) is 15.4. The number of benzene rings is 1. The largest absolute Gasteiger partial charge is 0.298 e. The number of carbonyl (C=O) groups excluding carboxylic acids is 1. The number of rotatable bonds is 5. The molecular formula is C18H28N2O. The van der Waals surface area contributed by atoms with Crippen LogP contribution in [0.15, 0.2) is 18.2 Å². The highest BCUT2D eigenvalue weighted by atomic mass is 16.1. The van der Waals surface area contributed by atoms with Gasteiger partial charge in [-0.2, -0.15) is 0 Å². The maximum absolute atomic E-state index is 12.5. The van der Waals surface area contributed by atoms with Crippen LogP contribution in [-0.4, -0.2) is 54.3 Å². The van der Waals surface area contributed by atoms with Gasteiger partial charge in [-0.25, -0.2) is 0 Å². The van der Waals surface area contributed by atoms with Crippen molar-refractivity contribution in [3.05, 3.63) is 34.9 Å². The van der Waals surface area contributed by atoms with Crippen molar-refractivity contribution in [2.45, 2.75) is 40.2 Å². The van der Waals surface area contributed by atoms with Crippen molar-refractivity contribution in [3.8, 4) is 0 Å². The molecule has 0 aliphatic carbocycles. The van der Waals surface area contributed by atoms with Gasteiger partial charge in [0, 0.05) is 37.8 Å². The van der Waals surface area contributed by atoms with Gasteiger partial charge in [0.2, 0.25) is 0 Å². The molecule has 1 saturated heterocycles. The van der Waals surface area contributed by atoms with Crippen LogP contribution in [0.3, 0.4) is 0 Å². The summed E-state index contributed by atoms with van der Waals surface area (Å²) in [6.45, 7) is 13.3. The van der Waals surface area contributed by atoms with E-state index in [0.29, 0.717) is 12.6 Å². The molecule has 1 aromatic rings. The van der Waals surface area contributed by atoms with Gasteiger partial charge in [-0.15, -0.1) is 0 Å². The van der Waals surface area contributed by atoms with E-state index >= 15 is 0 Å². The minimum absolute atomic E-state index is 0.258. The Balaban J connectivity index is 1.91. The van der Waals surface area contributed by atoms with Gasteiger partial charge >= 0.3 is 0 Å². The first kappa shape index (κ1) is 16.2. The molecule has 116 valence electrons. The lowest BCUT2D eigenvalue weighted by molar-refractivity contribution is 0.0784. The number of Topliss-reactive ketones (excluding diaryl/α,β-unsaturated/α-hetero) is 1. The minimum Gasteiger partial charge on any atom is -0.298 e. The minimum atomic E-state index is 0.258. The van der Waals surface area contributed by atoms with E-state index in [2.05, 4.69) is 29.7 Å². The summed E-state index contributed by atoms with van der Waals surface area (Å²) in [5.74, 6) is 0.258. The third-order valence-corrected chi connectivity index (χ3v) is 4.68. The lowest BCUT2D eigenvalue weighted by Crippen LogP contribution is -2.50. The fourth-order valence-electron chi connectivity index (χ4n) is 2.94. The first-order valence-electron chi connectivity index (χ1n) is 8.08. The predicted molar refractivity (Wildman–Crippen MR) is 88.0 cm³/mol. The monoisotopic (exact) mass is 288 g/mol. The van der Waals surface area contributed by atoms with Crippen LogP contribution < -0.4 is 0 Å². The van der Waals surface area contributed by atoms with Gasteiger partial charge in [-0.3, -0.25) is 14.6 Å². The number of piperazine rings is 1. The molecule has 0 bridgehead atoms. The molecule has 1 unspecified atom stereocenters. The highest BCUT2D eigenvalue weighted by molar-refractivity contribution is 5.99. The van der Waals surface area contributed by atoms with E-state index in [0.717, 1.165) is 42.9 Å². The summed E-state index contributed by atoms with van der Waals surface area (Å²) in [5.41, 5.74) is 3.13. The number of hydrogen-bond acceptors (Lipinski definition) is 3. The van der Waals surface area contributed by atoms with Gasteiger partial charge < -0.3 is 0 Å². The Bertz CT molecular complexity index is 490. The van der Waals surface area contributed by atoms with Crippen molar-refractivity contribution in [3.63, 3.8) is 0 Å². The summed E-state index contributed by atoms with van der Waals surface area (Å²) >= 11 is 0. The van der Waals surface area contributed by atoms with Gasteiger partial charge in [0.05, 0.1) is 6.54 Å². The quantitative estimate of drug-likeness (QED) is 0.778. The van der Waals surface area contributed by atoms with Gasteiger partial charge in [0.1, 0.15) is 0 Å². The zero-order valence-corrected chi connectivity index (χ0v) is 13.9. The molecule has 0 amide bonds. The number of aryl methyl sites for hydroxylation is 2. The maximum atomic E-state index is 12.5. The van der Waals surface area contributed by atoms with Crippen LogP contribution >= 0.6 is 0 Å². The van der Waals surface area contributed by atoms with E-state index in [9.17, 15) is 4.79 Å². The Labute approximate surface area is 128 Å². The first-order valence-corrected chi connectivity index (χ1v) is 8.08. The van der Waals surface area contributed by atoms with Gasteiger partial charge in [0.15, 0.2) is 5.78 Å². The molecule has 0 saturated carbocycles. The van der Waals surface area contributed by atoms with Crippen molar-refractivity contribution < 1.29 is 4.79 Å². The third kappa shape index (κ3) is 4.14. The van der Waals surface area contributed by atoms with E-state index in [1.54, 1.807) is 0 Å². The molecule has 21 heavy (non-hydrogen) atoms. The van der Waals surface area contributed by atoms with Crippen LogP contribution in [0.4, 0.5) is 0 Å². The van der Waals surface area contributed by atoms with E-state index in [1.165, 1.54) is 6.42 Å². The molecule has 1 atom stereocenters. The molecule has 0 radical (unpaired) electrons. The summed E-state index contributed by atoms with van der Waals surface area (Å²) in [6.07, 6.45) is 1.20. The van der Waals surface area contributed by atoms with Crippen LogP contribution in [0.25, 0.3) is 0 Å². The summed E-state index contributed by atoms with van der Waals surface area (Å²) in [5, 5.41) is 0. The molecular weight excluding hydrogens is 260 g/mol. The standard InChI is InChI=1S/C18H28N2O/c1-5-16(4)20-10-8-19(9-11-20)13-18(21)17-12-14(2)6-7-15(17)3/h6-7,12,16H,5,8-11,13H2,1-4H3. The SMILES string of the molecule is CCC(C)N1CCN(CC(=O)c2cc(C)ccc2C)CC1. The highest BCUT2D eigenvalue weighted by Gasteiger charge is 2.22. The number of nitrogens with zero attached hydrogens (tertiary/aromatic N) is 2. The zero-order valence-electron chi connectivity index (χ0n) is 13.9. The van der Waals surface area contributed by atoms with Crippen LogP contribution in [0.2, 0.25) is 0 Å². The van der Waals surface area contributed by atoms with E-state index in [-0.39, 0.29) is 5.78 Å². The number of carbonyl (C=O) groups is 1. The second-order valence-corrected chi connectivity index (χ2v) is 6.31. The molecule has 0 aromatic heterocycles. The third-order valence-electron chi connectivity index (χ3n) is 4.68. The molecule has 3 heteroatoms. The Kier molecular flexibility index (Phi) is 5.54. The Morgan fingerprint density at radius 2 is 1.86 bits per heavy atom. The van der Waals surface area contributed by atoms with Crippen LogP contribution in [0.1, 0.15) is 41.8 Å². The summed E-state index contributed by atoms with van der Waals surface area (Å²) < 4.78 is 0. The smallest absolute Gasteiger partial charge is 0.177 e. The topological polar surface area (TPSA) is 23.6 Å². The van der Waals surface area contributed by atoms with Crippen LogP contribution in [-0.2, 0) is 0 Å². The normalized spacial score (nSPS) is 18.7. The molecule has 0 spiro atoms. The predicted octanol–water partition coefficient (Wildman–Crippen LogP) is 2.90. The molecule has 1 aromatic carbocycles.